The van der Waals surface area contributed by atoms with E-state index in [1.165, 1.54) is 25.7 Å². The Labute approximate surface area is 172 Å². The standard InChI is InChI=1S/C24H29N3O2/c28-23(14-13-19-17-18-9-3-4-10-20(18)26-24(19)29)25-21-11-5-6-12-22(21)27-15-7-1-2-8-16-27/h3-6,9-12,19H,1-2,7-8,13-17H2,(H,25,28)(H,26,29)/t19-/m1/s1. The molecule has 0 bridgehead atoms. The Morgan fingerprint density at radius 2 is 1.72 bits per heavy atom. The van der Waals surface area contributed by atoms with E-state index in [9.17, 15) is 9.59 Å². The van der Waals surface area contributed by atoms with Crippen LogP contribution in [0.3, 0.4) is 0 Å². The summed E-state index contributed by atoms with van der Waals surface area (Å²) in [6, 6.07) is 15.9. The van der Waals surface area contributed by atoms with E-state index in [4.69, 9.17) is 0 Å². The van der Waals surface area contributed by atoms with Crippen molar-refractivity contribution < 1.29 is 9.59 Å². The number of nitrogens with zero attached hydrogens (tertiary/aromatic N) is 1. The molecular formula is C24H29N3O2. The van der Waals surface area contributed by atoms with Gasteiger partial charge in [-0.1, -0.05) is 43.2 Å². The van der Waals surface area contributed by atoms with Gasteiger partial charge in [0.2, 0.25) is 11.8 Å². The molecule has 1 saturated heterocycles. The average Bonchev–Trinajstić information content (AvgIpc) is 3.02. The Morgan fingerprint density at radius 3 is 2.55 bits per heavy atom. The third kappa shape index (κ3) is 4.78. The van der Waals surface area contributed by atoms with Crippen molar-refractivity contribution in [3.05, 3.63) is 54.1 Å². The minimum Gasteiger partial charge on any atom is -0.370 e. The lowest BCUT2D eigenvalue weighted by Crippen LogP contribution is -2.31. The third-order valence-corrected chi connectivity index (χ3v) is 5.96. The van der Waals surface area contributed by atoms with Gasteiger partial charge in [0.15, 0.2) is 0 Å². The van der Waals surface area contributed by atoms with Crippen LogP contribution in [0.5, 0.6) is 0 Å². The smallest absolute Gasteiger partial charge is 0.227 e. The van der Waals surface area contributed by atoms with Gasteiger partial charge in [-0.25, -0.2) is 0 Å². The van der Waals surface area contributed by atoms with Gasteiger partial charge in [-0.15, -0.1) is 0 Å². The van der Waals surface area contributed by atoms with Crippen LogP contribution in [-0.2, 0) is 16.0 Å². The minimum absolute atomic E-state index is 0.0152. The molecular weight excluding hydrogens is 362 g/mol. The van der Waals surface area contributed by atoms with Crippen LogP contribution in [0.1, 0.15) is 44.1 Å². The van der Waals surface area contributed by atoms with Crippen molar-refractivity contribution in [2.75, 3.05) is 28.6 Å². The topological polar surface area (TPSA) is 61.4 Å². The van der Waals surface area contributed by atoms with Gasteiger partial charge in [-0.2, -0.15) is 0 Å². The Hall–Kier alpha value is -2.82. The summed E-state index contributed by atoms with van der Waals surface area (Å²) in [6.45, 7) is 2.07. The Morgan fingerprint density at radius 1 is 1.00 bits per heavy atom. The fourth-order valence-electron chi connectivity index (χ4n) is 4.33. The van der Waals surface area contributed by atoms with Gasteiger partial charge in [-0.3, -0.25) is 9.59 Å². The number of amides is 2. The summed E-state index contributed by atoms with van der Waals surface area (Å²) in [5.41, 5.74) is 4.01. The van der Waals surface area contributed by atoms with E-state index in [1.54, 1.807) is 0 Å². The molecule has 2 aliphatic rings. The van der Waals surface area contributed by atoms with Crippen LogP contribution in [0, 0.1) is 5.92 Å². The van der Waals surface area contributed by atoms with Crippen LogP contribution in [0.4, 0.5) is 17.1 Å². The molecule has 2 N–H and O–H groups in total. The minimum atomic E-state index is -0.156. The van der Waals surface area contributed by atoms with Crippen LogP contribution < -0.4 is 15.5 Å². The van der Waals surface area contributed by atoms with E-state index in [0.717, 1.165) is 35.7 Å². The molecule has 1 atom stereocenters. The summed E-state index contributed by atoms with van der Waals surface area (Å²) in [4.78, 5) is 27.4. The van der Waals surface area contributed by atoms with E-state index < -0.39 is 0 Å². The van der Waals surface area contributed by atoms with Gasteiger partial charge in [0.25, 0.3) is 0 Å². The lowest BCUT2D eigenvalue weighted by Gasteiger charge is -2.26. The SMILES string of the molecule is O=C(CC[C@@H]1Cc2ccccc2NC1=O)Nc1ccccc1N1CCCCCC1. The first-order valence-corrected chi connectivity index (χ1v) is 10.7. The normalized spacial score (nSPS) is 19.1. The van der Waals surface area contributed by atoms with E-state index in [2.05, 4.69) is 21.6 Å². The maximum Gasteiger partial charge on any atom is 0.227 e. The molecule has 0 aromatic heterocycles. The van der Waals surface area contributed by atoms with E-state index >= 15 is 0 Å². The van der Waals surface area contributed by atoms with E-state index in [-0.39, 0.29) is 17.7 Å². The zero-order valence-corrected chi connectivity index (χ0v) is 16.8. The molecule has 2 heterocycles. The highest BCUT2D eigenvalue weighted by atomic mass is 16.2. The number of hydrogen-bond donors (Lipinski definition) is 2. The first-order valence-electron chi connectivity index (χ1n) is 10.7. The van der Waals surface area contributed by atoms with Crippen LogP contribution in [-0.4, -0.2) is 24.9 Å². The van der Waals surface area contributed by atoms with Crippen molar-refractivity contribution in [1.29, 1.82) is 0 Å². The zero-order chi connectivity index (χ0) is 20.1. The maximum atomic E-state index is 12.6. The van der Waals surface area contributed by atoms with Crippen LogP contribution in [0.2, 0.25) is 0 Å². The Bertz CT molecular complexity index is 872. The van der Waals surface area contributed by atoms with Crippen LogP contribution in [0.25, 0.3) is 0 Å². The second-order valence-corrected chi connectivity index (χ2v) is 8.05. The highest BCUT2D eigenvalue weighted by Gasteiger charge is 2.26. The quantitative estimate of drug-likeness (QED) is 0.783. The van der Waals surface area contributed by atoms with Gasteiger partial charge in [0.1, 0.15) is 0 Å². The highest BCUT2D eigenvalue weighted by molar-refractivity contribution is 5.97. The van der Waals surface area contributed by atoms with Gasteiger partial charge in [-0.05, 0) is 49.4 Å². The number of para-hydroxylation sites is 3. The molecule has 5 heteroatoms. The Balaban J connectivity index is 1.36. The molecule has 0 radical (unpaired) electrons. The molecule has 0 spiro atoms. The molecule has 0 saturated carbocycles. The second kappa shape index (κ2) is 9.12. The van der Waals surface area contributed by atoms with Crippen molar-refractivity contribution in [2.24, 2.45) is 5.92 Å². The molecule has 29 heavy (non-hydrogen) atoms. The van der Waals surface area contributed by atoms with Gasteiger partial charge < -0.3 is 15.5 Å². The summed E-state index contributed by atoms with van der Waals surface area (Å²) < 4.78 is 0. The van der Waals surface area contributed by atoms with E-state index in [1.807, 2.05) is 42.5 Å². The fraction of sp³-hybridized carbons (Fsp3) is 0.417. The summed E-state index contributed by atoms with van der Waals surface area (Å²) in [6.07, 6.45) is 6.53. The summed E-state index contributed by atoms with van der Waals surface area (Å²) in [7, 11) is 0. The molecule has 0 aliphatic carbocycles. The predicted octanol–water partition coefficient (Wildman–Crippen LogP) is 4.60. The molecule has 0 unspecified atom stereocenters. The third-order valence-electron chi connectivity index (χ3n) is 5.96. The summed E-state index contributed by atoms with van der Waals surface area (Å²) in [5.74, 6) is -0.170. The van der Waals surface area contributed by atoms with Gasteiger partial charge in [0.05, 0.1) is 11.4 Å². The molecule has 1 fully saturated rings. The zero-order valence-electron chi connectivity index (χ0n) is 16.8. The first kappa shape index (κ1) is 19.5. The molecule has 2 aromatic carbocycles. The number of nitrogens with one attached hydrogen (secondary N) is 2. The van der Waals surface area contributed by atoms with Crippen LogP contribution >= 0.6 is 0 Å². The lowest BCUT2D eigenvalue weighted by atomic mass is 9.89. The number of hydrogen-bond acceptors (Lipinski definition) is 3. The number of carbonyl (C=O) groups is 2. The van der Waals surface area contributed by atoms with E-state index in [0.29, 0.717) is 19.3 Å². The summed E-state index contributed by atoms with van der Waals surface area (Å²) >= 11 is 0. The fourth-order valence-corrected chi connectivity index (χ4v) is 4.33. The van der Waals surface area contributed by atoms with Crippen molar-refractivity contribution >= 4 is 28.9 Å². The monoisotopic (exact) mass is 391 g/mol. The summed E-state index contributed by atoms with van der Waals surface area (Å²) in [5, 5.41) is 6.05. The second-order valence-electron chi connectivity index (χ2n) is 8.05. The van der Waals surface area contributed by atoms with Crippen molar-refractivity contribution in [3.8, 4) is 0 Å². The lowest BCUT2D eigenvalue weighted by molar-refractivity contribution is -0.121. The number of carbonyl (C=O) groups excluding carboxylic acids is 2. The molecule has 4 rings (SSSR count). The first-order chi connectivity index (χ1) is 14.2. The largest absolute Gasteiger partial charge is 0.370 e. The van der Waals surface area contributed by atoms with Gasteiger partial charge >= 0.3 is 0 Å². The number of anilines is 3. The van der Waals surface area contributed by atoms with Crippen molar-refractivity contribution in [1.82, 2.24) is 0 Å². The maximum absolute atomic E-state index is 12.6. The van der Waals surface area contributed by atoms with Crippen molar-refractivity contribution in [2.45, 2.75) is 44.9 Å². The number of rotatable bonds is 5. The Kier molecular flexibility index (Phi) is 6.13. The predicted molar refractivity (Wildman–Crippen MR) is 117 cm³/mol. The molecule has 2 aromatic rings. The van der Waals surface area contributed by atoms with Gasteiger partial charge in [0, 0.05) is 31.1 Å². The number of fused-ring (bicyclic) bond motifs is 1. The number of benzene rings is 2. The highest BCUT2D eigenvalue weighted by Crippen LogP contribution is 2.30. The molecule has 2 amide bonds. The molecule has 152 valence electrons. The van der Waals surface area contributed by atoms with Crippen molar-refractivity contribution in [3.63, 3.8) is 0 Å². The average molecular weight is 392 g/mol. The molecule has 2 aliphatic heterocycles. The molecule has 5 nitrogen and oxygen atoms in total. The van der Waals surface area contributed by atoms with Crippen LogP contribution in [0.15, 0.2) is 48.5 Å².